The molecule has 3 amide bonds. The second-order valence-electron chi connectivity index (χ2n) is 14.3. The Hall–Kier alpha value is -7.86. The summed E-state index contributed by atoms with van der Waals surface area (Å²) in [5.41, 5.74) is 0.0504. The highest BCUT2D eigenvalue weighted by atomic mass is 16.2. The van der Waals surface area contributed by atoms with Crippen LogP contribution in [0.1, 0.15) is 86.4 Å². The number of piperidine rings is 3. The molecule has 6 atom stereocenters. The lowest BCUT2D eigenvalue weighted by Gasteiger charge is -2.41. The number of aromatic amines is 3. The molecule has 0 bridgehead atoms. The number of H-pyrrole nitrogens is 3. The van der Waals surface area contributed by atoms with Gasteiger partial charge in [0.05, 0.1) is 42.5 Å². The van der Waals surface area contributed by atoms with Gasteiger partial charge in [0.2, 0.25) is 0 Å². The molecule has 6 aromatic heterocycles. The van der Waals surface area contributed by atoms with Gasteiger partial charge in [-0.2, -0.15) is 0 Å². The number of anilines is 3. The van der Waals surface area contributed by atoms with Crippen LogP contribution in [0.2, 0.25) is 0 Å². The van der Waals surface area contributed by atoms with E-state index in [0.717, 1.165) is 13.8 Å². The van der Waals surface area contributed by atoms with Gasteiger partial charge in [0, 0.05) is 113 Å². The highest BCUT2D eigenvalue weighted by Crippen LogP contribution is 2.31. The van der Waals surface area contributed by atoms with Crippen LogP contribution in [-0.2, 0) is 14.4 Å². The third-order valence-electron chi connectivity index (χ3n) is 9.82. The monoisotopic (exact) mass is 971 g/mol. The average Bonchev–Trinajstić information content (AvgIpc) is 0.962. The van der Waals surface area contributed by atoms with Crippen LogP contribution in [-0.4, -0.2) is 175 Å². The molecule has 21 nitrogen and oxygen atoms in total. The van der Waals surface area contributed by atoms with Gasteiger partial charge in [0.15, 0.2) is 0 Å². The fraction of sp³-hybridized carbons (Fsp3) is 0.500. The SMILES string of the molecule is [2H]c1nc(N([C@@H]2[C@H](C([2H])([2H])[2H])C([2H])([2H])C([2H])([2H])N(C(=O)C[N+]#[C-])C2([2H])[2H])C([2H])([2H])[2H])c2cc[nH]c2n1.[2H]c1nc(N([C@@H]2[C@H](C)C([2H])([2H])C([2H])([2H])N(C(=O)C[N+]#[C-])C2([2H])[2H])C([2H])([2H])[2H])c2cc[nH]c2n1.[2H]c1nc(N([C@H]2C([2H])([2H])N(C(=O)C[N+]#[C-])C([2H])([2H])C([2H])([2H])[C@@]2([2H])C)C([2H])([2H])[2H])c2cc[nH]c2n1. The quantitative estimate of drug-likeness (QED) is 0.169. The molecule has 0 unspecified atom stereocenters. The lowest BCUT2D eigenvalue weighted by atomic mass is 9.92. The molecule has 3 fully saturated rings. The van der Waals surface area contributed by atoms with Gasteiger partial charge in [-0.05, 0) is 55.0 Å². The van der Waals surface area contributed by atoms with E-state index in [1.54, 1.807) is 0 Å². The van der Waals surface area contributed by atoms with Crippen molar-refractivity contribution < 1.29 is 61.0 Å². The highest BCUT2D eigenvalue weighted by molar-refractivity contribution is 5.89. The number of carbonyl (C=O) groups excluding carboxylic acids is 3. The van der Waals surface area contributed by atoms with E-state index in [4.69, 9.17) is 66.3 Å². The number of hydrogen-bond acceptors (Lipinski definition) is 12. The summed E-state index contributed by atoms with van der Waals surface area (Å²) in [7, 11) is 0. The molecule has 0 aromatic carbocycles. The van der Waals surface area contributed by atoms with Crippen molar-refractivity contribution in [1.29, 1.82) is 0 Å². The minimum absolute atomic E-state index is 0.0153. The van der Waals surface area contributed by atoms with Gasteiger partial charge in [0.25, 0.3) is 19.6 Å². The fourth-order valence-electron chi connectivity index (χ4n) is 6.38. The van der Waals surface area contributed by atoms with Crippen LogP contribution in [0.15, 0.2) is 55.7 Å². The van der Waals surface area contributed by atoms with E-state index in [2.05, 4.69) is 59.4 Å². The Morgan fingerprint density at radius 3 is 1.38 bits per heavy atom. The number of aromatic nitrogens is 9. The Morgan fingerprint density at radius 1 is 0.623 bits per heavy atom. The Labute approximate surface area is 449 Å². The van der Waals surface area contributed by atoms with Gasteiger partial charge in [-0.25, -0.2) is 49.6 Å². The van der Waals surface area contributed by atoms with Gasteiger partial charge in [-0.15, -0.1) is 0 Å². The lowest BCUT2D eigenvalue weighted by Crippen LogP contribution is -2.53. The van der Waals surface area contributed by atoms with Crippen LogP contribution in [0.5, 0.6) is 0 Å². The highest BCUT2D eigenvalue weighted by Gasteiger charge is 2.36. The number of likely N-dealkylation sites (tertiary alicyclic amines) is 3. The summed E-state index contributed by atoms with van der Waals surface area (Å²) in [6.45, 7) is -13.9. The zero-order valence-corrected chi connectivity index (χ0v) is 35.9. The van der Waals surface area contributed by atoms with E-state index in [-0.39, 0.29) is 52.7 Å². The van der Waals surface area contributed by atoms with Crippen molar-refractivity contribution >= 4 is 68.3 Å². The van der Waals surface area contributed by atoms with Crippen LogP contribution in [0.4, 0.5) is 17.5 Å². The second-order valence-corrected chi connectivity index (χ2v) is 14.3. The Kier molecular flexibility index (Phi) is 6.98. The molecule has 0 spiro atoms. The van der Waals surface area contributed by atoms with Crippen LogP contribution >= 0.6 is 0 Å². The van der Waals surface area contributed by atoms with E-state index >= 15 is 0 Å². The summed E-state index contributed by atoms with van der Waals surface area (Å²) >= 11 is 0. The molecular formula is C48H60N18O3. The number of carbonyl (C=O) groups is 3. The van der Waals surface area contributed by atoms with Crippen molar-refractivity contribution in [3.63, 3.8) is 0 Å². The van der Waals surface area contributed by atoms with Crippen molar-refractivity contribution in [3.8, 4) is 0 Å². The molecule has 0 radical (unpaired) electrons. The summed E-state index contributed by atoms with van der Waals surface area (Å²) < 4.78 is 281. The van der Waals surface area contributed by atoms with Crippen molar-refractivity contribution in [3.05, 3.63) is 90.0 Å². The van der Waals surface area contributed by atoms with Crippen LogP contribution in [0.25, 0.3) is 47.6 Å². The molecule has 9 rings (SSSR count). The maximum absolute atomic E-state index is 12.8. The topological polar surface area (TPSA) is 208 Å². The predicted molar refractivity (Wildman–Crippen MR) is 264 cm³/mol. The molecule has 3 aliphatic rings. The number of nitrogens with one attached hydrogen (secondary N) is 3. The van der Waals surface area contributed by atoms with Crippen LogP contribution in [0.3, 0.4) is 0 Å². The van der Waals surface area contributed by atoms with Gasteiger partial charge < -0.3 is 58.9 Å². The summed E-state index contributed by atoms with van der Waals surface area (Å²) in [4.78, 5) is 78.1. The molecule has 360 valence electrons. The Bertz CT molecular complexity index is 4370. The van der Waals surface area contributed by atoms with Gasteiger partial charge in [0.1, 0.15) is 57.4 Å². The summed E-state index contributed by atoms with van der Waals surface area (Å²) in [6, 6.07) is -2.90. The standard InChI is InChI=1S/3C16H20N6O/c3*1-11-5-7-22(14(23)8-17-2)9-13(11)21(3)16-12-4-6-18-15(12)19-10-20-16/h3*4,6,10-11,13H,5,7-9H2,1,3H3,(H,18,19,20)/t3*11-,13+/m111/s1/i3D3,5D2,7D2,9D2,10D,11D;1D3,3D3,5D2,7D2,9D2,10D;3D3,5D2,7D2,9D2,10D. The number of amides is 3. The number of nitrogens with zero attached hydrogens (tertiary/aromatic N) is 15. The molecular weight excluding hydrogens is 877 g/mol. The second kappa shape index (κ2) is 22.3. The third-order valence-corrected chi connectivity index (χ3v) is 9.82. The van der Waals surface area contributed by atoms with Gasteiger partial charge in [-0.1, -0.05) is 20.7 Å². The van der Waals surface area contributed by atoms with Crippen LogP contribution in [0, 0.1) is 37.4 Å². The molecule has 0 saturated carbocycles. The molecule has 69 heavy (non-hydrogen) atoms. The molecule has 3 N–H and O–H groups in total. The number of hydrogen-bond donors (Lipinski definition) is 3. The van der Waals surface area contributed by atoms with E-state index in [0.29, 0.717) is 9.80 Å². The van der Waals surface area contributed by atoms with Gasteiger partial charge >= 0.3 is 17.7 Å². The molecule has 0 aliphatic carbocycles. The van der Waals surface area contributed by atoms with Crippen molar-refractivity contribution in [2.75, 3.05) is 94.2 Å². The maximum Gasteiger partial charge on any atom is 0.302 e. The minimum atomic E-state index is -3.61. The number of likely N-dealkylation sites (N-methyl/N-ethyl adjacent to an activating group) is 3. The zero-order valence-electron chi connectivity index (χ0n) is 69.9. The average molecular weight is 971 g/mol. The lowest BCUT2D eigenvalue weighted by molar-refractivity contribution is -0.131. The predicted octanol–water partition coefficient (Wildman–Crippen LogP) is 4.65. The normalized spacial score (nSPS) is 36.8. The zero-order chi connectivity index (χ0) is 78.9. The van der Waals surface area contributed by atoms with Crippen molar-refractivity contribution in [2.45, 2.75) is 57.9 Å². The minimum Gasteiger partial charge on any atom is -0.354 e. The Morgan fingerprint density at radius 2 is 0.986 bits per heavy atom. The first-order valence-corrected chi connectivity index (χ1v) is 19.9. The fourth-order valence-corrected chi connectivity index (χ4v) is 6.38. The number of fused-ring (bicyclic) bond motifs is 3. The van der Waals surface area contributed by atoms with E-state index in [9.17, 15) is 14.4 Å². The first-order chi connectivity index (χ1) is 46.5. The smallest absolute Gasteiger partial charge is 0.302 e. The number of rotatable bonds is 9. The van der Waals surface area contributed by atoms with E-state index in [1.165, 1.54) is 36.8 Å². The summed E-state index contributed by atoms with van der Waals surface area (Å²) in [6.07, 6.45) is -7.70. The molecule has 9 heterocycles. The van der Waals surface area contributed by atoms with E-state index < -0.39 is 195 Å². The maximum atomic E-state index is 12.8. The van der Waals surface area contributed by atoms with Gasteiger partial charge in [-0.3, -0.25) is 14.4 Å². The largest absolute Gasteiger partial charge is 0.354 e. The van der Waals surface area contributed by atoms with E-state index in [1.807, 2.05) is 0 Å². The molecule has 3 saturated heterocycles. The summed E-state index contributed by atoms with van der Waals surface area (Å²) in [5, 5.41) is 0.0561. The Balaban J connectivity index is 0.000000216. The van der Waals surface area contributed by atoms with Crippen LogP contribution < -0.4 is 14.7 Å². The van der Waals surface area contributed by atoms with Crippen molar-refractivity contribution in [2.24, 2.45) is 17.7 Å². The molecule has 21 heteroatoms. The molecule has 6 aromatic rings. The first-order valence-electron chi connectivity index (χ1n) is 36.9. The third kappa shape index (κ3) is 11.0. The first kappa shape index (κ1) is 21.6. The van der Waals surface area contributed by atoms with Crippen molar-refractivity contribution in [1.82, 2.24) is 59.6 Å². The molecule has 3 aliphatic heterocycles. The summed E-state index contributed by atoms with van der Waals surface area (Å²) in [5.74, 6) is -13.0.